The zero-order valence-corrected chi connectivity index (χ0v) is 21.0. The van der Waals surface area contributed by atoms with Gasteiger partial charge in [0.15, 0.2) is 5.17 Å². The van der Waals surface area contributed by atoms with Crippen molar-refractivity contribution in [2.45, 2.75) is 40.0 Å². The predicted molar refractivity (Wildman–Crippen MR) is 134 cm³/mol. The summed E-state index contributed by atoms with van der Waals surface area (Å²) < 4.78 is 19.6. The van der Waals surface area contributed by atoms with Gasteiger partial charge in [0.2, 0.25) is 0 Å². The molecule has 2 heterocycles. The van der Waals surface area contributed by atoms with Gasteiger partial charge < -0.3 is 14.5 Å². The third kappa shape index (κ3) is 7.04. The number of aliphatic imine (C=N–C) groups is 1. The number of hydrazine groups is 1. The van der Waals surface area contributed by atoms with Crippen LogP contribution in [-0.2, 0) is 4.79 Å². The van der Waals surface area contributed by atoms with Crippen LogP contribution in [0.5, 0.6) is 5.75 Å². The lowest BCUT2D eigenvalue weighted by atomic mass is 10.2. The molecule has 0 radical (unpaired) electrons. The molecular weight excluding hydrogens is 457 g/mol. The smallest absolute Gasteiger partial charge is 0.409 e. The van der Waals surface area contributed by atoms with E-state index in [9.17, 15) is 14.0 Å². The van der Waals surface area contributed by atoms with Crippen LogP contribution in [0.2, 0.25) is 0 Å². The molecule has 34 heavy (non-hydrogen) atoms. The second-order valence-electron chi connectivity index (χ2n) is 8.09. The lowest BCUT2D eigenvalue weighted by Crippen LogP contribution is -2.45. The van der Waals surface area contributed by atoms with Gasteiger partial charge in [-0.3, -0.25) is 9.80 Å². The van der Waals surface area contributed by atoms with Crippen molar-refractivity contribution in [1.82, 2.24) is 20.2 Å². The molecule has 1 N–H and O–H groups in total. The third-order valence-corrected chi connectivity index (χ3v) is 6.85. The summed E-state index contributed by atoms with van der Waals surface area (Å²) >= 11 is 1.26. The summed E-state index contributed by atoms with van der Waals surface area (Å²) in [6.45, 7) is 11.6. The molecule has 10 heteroatoms. The summed E-state index contributed by atoms with van der Waals surface area (Å²) in [4.78, 5) is 33.7. The molecule has 0 aromatic heterocycles. The van der Waals surface area contributed by atoms with Crippen molar-refractivity contribution in [3.8, 4) is 5.75 Å². The Morgan fingerprint density at radius 2 is 2.03 bits per heavy atom. The molecular formula is C24H34FN5O3S. The Morgan fingerprint density at radius 1 is 1.24 bits per heavy atom. The molecule has 2 aliphatic heterocycles. The number of nitrogens with one attached hydrogen (secondary N) is 1. The molecule has 0 saturated carbocycles. The van der Waals surface area contributed by atoms with E-state index in [0.717, 1.165) is 52.0 Å². The minimum Gasteiger partial charge on any atom is -0.409 e. The molecule has 0 spiro atoms. The van der Waals surface area contributed by atoms with Crippen molar-refractivity contribution < 1.29 is 18.7 Å². The average molecular weight is 492 g/mol. The van der Waals surface area contributed by atoms with Crippen LogP contribution < -0.4 is 10.2 Å². The molecule has 186 valence electrons. The molecule has 1 aromatic carbocycles. The lowest BCUT2D eigenvalue weighted by molar-refractivity contribution is -0.113. The number of hydrogen-bond acceptors (Lipinski definition) is 7. The van der Waals surface area contributed by atoms with Crippen LogP contribution in [0, 0.1) is 5.82 Å². The van der Waals surface area contributed by atoms with E-state index < -0.39 is 11.9 Å². The first-order valence-electron chi connectivity index (χ1n) is 12.0. The molecule has 0 unspecified atom stereocenters. The second-order valence-corrected chi connectivity index (χ2v) is 9.10. The van der Waals surface area contributed by atoms with Gasteiger partial charge in [-0.05, 0) is 75.8 Å². The first kappa shape index (κ1) is 26.2. The van der Waals surface area contributed by atoms with Gasteiger partial charge in [-0.2, -0.15) is 4.99 Å². The Labute approximate surface area is 205 Å². The number of ether oxygens (including phenoxy) is 1. The highest BCUT2D eigenvalue weighted by molar-refractivity contribution is 8.18. The van der Waals surface area contributed by atoms with Crippen LogP contribution in [-0.4, -0.2) is 77.8 Å². The number of amidine groups is 1. The summed E-state index contributed by atoms with van der Waals surface area (Å²) in [5.41, 5.74) is 3.69. The minimum atomic E-state index is -0.535. The van der Waals surface area contributed by atoms with Gasteiger partial charge in [0.1, 0.15) is 11.6 Å². The van der Waals surface area contributed by atoms with Gasteiger partial charge >= 0.3 is 6.09 Å². The fourth-order valence-electron chi connectivity index (χ4n) is 3.78. The van der Waals surface area contributed by atoms with E-state index in [1.54, 1.807) is 11.0 Å². The van der Waals surface area contributed by atoms with Crippen molar-refractivity contribution in [2.75, 3.05) is 45.8 Å². The maximum atomic E-state index is 14.0. The summed E-state index contributed by atoms with van der Waals surface area (Å²) in [5, 5.41) is 2.48. The second kappa shape index (κ2) is 12.9. The monoisotopic (exact) mass is 491 g/mol. The SMILES string of the molecule is CCN(CC)CCCN(CC)C(=O)Oc1cc(F)ccc1C=C1SC(N2CCCCN2)=NC1=O. The number of hydrogen-bond donors (Lipinski definition) is 1. The zero-order chi connectivity index (χ0) is 24.5. The van der Waals surface area contributed by atoms with Crippen molar-refractivity contribution >= 4 is 35.0 Å². The standard InChI is InChI=1S/C24H34FN5O3S/c1-4-28(5-2)13-9-14-29(6-3)24(32)33-20-17-19(25)11-10-18(20)16-21-22(31)27-23(34-21)30-15-8-7-12-26-30/h10-11,16-17,26H,4-9,12-15H2,1-3H3. The molecule has 1 aromatic rings. The number of rotatable bonds is 9. The highest BCUT2D eigenvalue weighted by Gasteiger charge is 2.27. The highest BCUT2D eigenvalue weighted by Crippen LogP contribution is 2.33. The lowest BCUT2D eigenvalue weighted by Gasteiger charge is -2.28. The molecule has 0 bridgehead atoms. The molecule has 1 fully saturated rings. The molecule has 8 nitrogen and oxygen atoms in total. The Balaban J connectivity index is 1.68. The summed E-state index contributed by atoms with van der Waals surface area (Å²) in [7, 11) is 0. The fourth-order valence-corrected chi connectivity index (χ4v) is 4.69. The molecule has 2 amide bonds. The van der Waals surface area contributed by atoms with E-state index >= 15 is 0 Å². The van der Waals surface area contributed by atoms with Gasteiger partial charge in [0.05, 0.1) is 4.91 Å². The summed E-state index contributed by atoms with van der Waals surface area (Å²) in [6.07, 6.45) is 4.00. The van der Waals surface area contributed by atoms with Crippen LogP contribution in [0.4, 0.5) is 9.18 Å². The highest BCUT2D eigenvalue weighted by atomic mass is 32.2. The van der Waals surface area contributed by atoms with Crippen LogP contribution >= 0.6 is 11.8 Å². The fraction of sp³-hybridized carbons (Fsp3) is 0.542. The summed E-state index contributed by atoms with van der Waals surface area (Å²) in [6, 6.07) is 3.96. The minimum absolute atomic E-state index is 0.0811. The maximum Gasteiger partial charge on any atom is 0.415 e. The van der Waals surface area contributed by atoms with E-state index in [2.05, 4.69) is 29.2 Å². The number of thioether (sulfide) groups is 1. The first-order valence-corrected chi connectivity index (χ1v) is 12.8. The average Bonchev–Trinajstić information content (AvgIpc) is 3.21. The van der Waals surface area contributed by atoms with Crippen LogP contribution in [0.15, 0.2) is 28.1 Å². The third-order valence-electron chi connectivity index (χ3n) is 5.85. The molecule has 2 aliphatic rings. The van der Waals surface area contributed by atoms with Gasteiger partial charge in [-0.15, -0.1) is 0 Å². The maximum absolute atomic E-state index is 14.0. The number of carbonyl (C=O) groups is 2. The number of amides is 2. The van der Waals surface area contributed by atoms with Gasteiger partial charge in [0.25, 0.3) is 5.91 Å². The van der Waals surface area contributed by atoms with E-state index in [-0.39, 0.29) is 11.7 Å². The van der Waals surface area contributed by atoms with Crippen LogP contribution in [0.25, 0.3) is 6.08 Å². The van der Waals surface area contributed by atoms with Gasteiger partial charge in [0, 0.05) is 37.8 Å². The van der Waals surface area contributed by atoms with Crippen molar-refractivity contribution in [1.29, 1.82) is 0 Å². The molecule has 1 saturated heterocycles. The summed E-state index contributed by atoms with van der Waals surface area (Å²) in [5.74, 6) is -0.799. The number of carbonyl (C=O) groups excluding carboxylic acids is 2. The van der Waals surface area contributed by atoms with Gasteiger partial charge in [-0.1, -0.05) is 13.8 Å². The number of nitrogens with zero attached hydrogens (tertiary/aromatic N) is 4. The van der Waals surface area contributed by atoms with Crippen LogP contribution in [0.3, 0.4) is 0 Å². The van der Waals surface area contributed by atoms with E-state index in [1.807, 2.05) is 11.9 Å². The topological polar surface area (TPSA) is 77.5 Å². The Kier molecular flexibility index (Phi) is 9.91. The van der Waals surface area contributed by atoms with Gasteiger partial charge in [-0.25, -0.2) is 14.6 Å². The first-order chi connectivity index (χ1) is 16.4. The quantitative estimate of drug-likeness (QED) is 0.524. The van der Waals surface area contributed by atoms with E-state index in [4.69, 9.17) is 4.74 Å². The van der Waals surface area contributed by atoms with E-state index in [0.29, 0.717) is 28.7 Å². The Hall–Kier alpha value is -2.43. The van der Waals surface area contributed by atoms with Crippen LogP contribution in [0.1, 0.15) is 45.6 Å². The normalized spacial score (nSPS) is 17.4. The van der Waals surface area contributed by atoms with Crippen molar-refractivity contribution in [3.05, 3.63) is 34.5 Å². The molecule has 3 rings (SSSR count). The number of benzene rings is 1. The largest absolute Gasteiger partial charge is 0.415 e. The Bertz CT molecular complexity index is 929. The molecule has 0 aliphatic carbocycles. The number of halogens is 1. The molecule has 0 atom stereocenters. The zero-order valence-electron chi connectivity index (χ0n) is 20.2. The van der Waals surface area contributed by atoms with E-state index in [1.165, 1.54) is 30.0 Å². The van der Waals surface area contributed by atoms with Crippen molar-refractivity contribution in [2.24, 2.45) is 4.99 Å². The Morgan fingerprint density at radius 3 is 2.71 bits per heavy atom. The predicted octanol–water partition coefficient (Wildman–Crippen LogP) is 3.95. The van der Waals surface area contributed by atoms with Crippen molar-refractivity contribution in [3.63, 3.8) is 0 Å².